The van der Waals surface area contributed by atoms with Crippen molar-refractivity contribution in [3.8, 4) is 11.5 Å². The van der Waals surface area contributed by atoms with Crippen molar-refractivity contribution >= 4 is 5.97 Å². The Kier molecular flexibility index (Phi) is 4.96. The quantitative estimate of drug-likeness (QED) is 0.426. The second-order valence-corrected chi connectivity index (χ2v) is 10.3. The van der Waals surface area contributed by atoms with Gasteiger partial charge in [0.25, 0.3) is 0 Å². The Bertz CT molecular complexity index is 928. The minimum atomic E-state index is -1.57. The van der Waals surface area contributed by atoms with E-state index in [-0.39, 0.29) is 35.2 Å². The predicted octanol–water partition coefficient (Wildman–Crippen LogP) is 2.33. The van der Waals surface area contributed by atoms with Crippen LogP contribution in [-0.4, -0.2) is 57.9 Å². The van der Waals surface area contributed by atoms with Crippen molar-refractivity contribution in [2.45, 2.75) is 58.3 Å². The largest absolute Gasteiger partial charge is 0.507 e. The summed E-state index contributed by atoms with van der Waals surface area (Å²) < 4.78 is 10.8. The molecule has 0 saturated heterocycles. The van der Waals surface area contributed by atoms with Crippen molar-refractivity contribution in [1.82, 2.24) is 0 Å². The summed E-state index contributed by atoms with van der Waals surface area (Å²) in [6, 6.07) is 2.96. The third-order valence-corrected chi connectivity index (χ3v) is 8.10. The van der Waals surface area contributed by atoms with E-state index in [2.05, 4.69) is 0 Å². The molecule has 0 heterocycles. The van der Waals surface area contributed by atoms with E-state index in [4.69, 9.17) is 9.47 Å². The number of esters is 1. The number of hydrogen-bond acceptors (Lipinski definition) is 7. The molecule has 1 aromatic carbocycles. The maximum absolute atomic E-state index is 12.9. The summed E-state index contributed by atoms with van der Waals surface area (Å²) in [6.07, 6.45) is 1.48. The molecule has 0 amide bonds. The molecule has 0 spiro atoms. The highest BCUT2D eigenvalue weighted by atomic mass is 16.6. The molecule has 1 unspecified atom stereocenters. The van der Waals surface area contributed by atoms with E-state index in [9.17, 15) is 25.2 Å². The Labute approximate surface area is 182 Å². The minimum Gasteiger partial charge on any atom is -0.507 e. The van der Waals surface area contributed by atoms with Gasteiger partial charge in [0.1, 0.15) is 28.8 Å². The zero-order valence-electron chi connectivity index (χ0n) is 18.7. The summed E-state index contributed by atoms with van der Waals surface area (Å²) in [7, 11) is 1.47. The van der Waals surface area contributed by atoms with Crippen LogP contribution in [0.2, 0.25) is 0 Å². The van der Waals surface area contributed by atoms with Crippen LogP contribution in [0.1, 0.15) is 49.5 Å². The Balaban J connectivity index is 1.65. The molecule has 3 aliphatic carbocycles. The molecule has 0 aliphatic heterocycles. The van der Waals surface area contributed by atoms with E-state index < -0.39 is 29.2 Å². The number of ether oxygens (including phenoxy) is 2. The molecular weight excluding hydrogens is 400 g/mol. The van der Waals surface area contributed by atoms with Gasteiger partial charge < -0.3 is 29.9 Å². The smallest absolute Gasteiger partial charge is 0.342 e. The Hall–Kier alpha value is -2.09. The minimum absolute atomic E-state index is 0.0169. The van der Waals surface area contributed by atoms with E-state index in [1.54, 1.807) is 13.0 Å². The van der Waals surface area contributed by atoms with Gasteiger partial charge in [0.2, 0.25) is 0 Å². The number of aliphatic hydroxyl groups excluding tert-OH is 2. The first kappa shape index (κ1) is 22.1. The van der Waals surface area contributed by atoms with Crippen molar-refractivity contribution in [2.75, 3.05) is 13.7 Å². The predicted molar refractivity (Wildman–Crippen MR) is 113 cm³/mol. The molecule has 170 valence electrons. The molecule has 4 N–H and O–H groups in total. The van der Waals surface area contributed by atoms with Gasteiger partial charge in [-0.05, 0) is 48.3 Å². The summed E-state index contributed by atoms with van der Waals surface area (Å²) >= 11 is 0. The van der Waals surface area contributed by atoms with E-state index in [1.165, 1.54) is 13.2 Å². The fourth-order valence-electron chi connectivity index (χ4n) is 6.44. The zero-order chi connectivity index (χ0) is 22.9. The lowest BCUT2D eigenvalue weighted by Crippen LogP contribution is -2.74. The van der Waals surface area contributed by atoms with E-state index in [0.29, 0.717) is 23.3 Å². The lowest BCUT2D eigenvalue weighted by molar-refractivity contribution is -0.260. The summed E-state index contributed by atoms with van der Waals surface area (Å²) in [5.74, 6) is -0.741. The maximum atomic E-state index is 12.9. The number of carbonyl (C=O) groups is 1. The molecule has 6 atom stereocenters. The number of carbonyl (C=O) groups excluding carboxylic acids is 1. The van der Waals surface area contributed by atoms with Gasteiger partial charge in [0.15, 0.2) is 0 Å². The van der Waals surface area contributed by atoms with Crippen LogP contribution >= 0.6 is 0 Å². The number of phenolic OH excluding ortho intramolecular Hbond substituents is 1. The molecule has 7 nitrogen and oxygen atoms in total. The average molecular weight is 433 g/mol. The number of hydrogen-bond donors (Lipinski definition) is 4. The molecule has 2 saturated carbocycles. The average Bonchev–Trinajstić information content (AvgIpc) is 2.92. The molecule has 7 heteroatoms. The standard InChI is InChI=1S/C24H32O7/c1-12-6-15(30-5)8-16(26)18(12)21(28)31-17-10-23(4)19-13(9-22(2,3)20(19)27)7-14(11-25)24(17,23)29/h6-8,13,17,19-20,25-27,29H,9-11H2,1-5H3/t13-,17-,19?,20-,23-,24+/m1/s1. The highest BCUT2D eigenvalue weighted by Gasteiger charge is 2.74. The Morgan fingerprint density at radius 2 is 1.90 bits per heavy atom. The number of methoxy groups -OCH3 is 1. The first-order chi connectivity index (χ1) is 14.4. The van der Waals surface area contributed by atoms with Crippen LogP contribution in [-0.2, 0) is 4.74 Å². The first-order valence-electron chi connectivity index (χ1n) is 10.7. The Morgan fingerprint density at radius 1 is 1.23 bits per heavy atom. The van der Waals surface area contributed by atoms with Gasteiger partial charge >= 0.3 is 5.97 Å². The number of benzene rings is 1. The number of fused-ring (bicyclic) bond motifs is 3. The van der Waals surface area contributed by atoms with E-state index in [0.717, 1.165) is 6.42 Å². The van der Waals surface area contributed by atoms with Crippen LogP contribution < -0.4 is 4.74 Å². The molecule has 0 radical (unpaired) electrons. The van der Waals surface area contributed by atoms with Crippen LogP contribution in [0.4, 0.5) is 0 Å². The summed E-state index contributed by atoms with van der Waals surface area (Å²) in [5, 5.41) is 43.1. The second-order valence-electron chi connectivity index (χ2n) is 10.3. The van der Waals surface area contributed by atoms with Crippen LogP contribution in [0, 0.1) is 29.6 Å². The van der Waals surface area contributed by atoms with Gasteiger partial charge in [-0.25, -0.2) is 4.79 Å². The molecule has 3 aliphatic rings. The number of allylic oxidation sites excluding steroid dienone is 1. The van der Waals surface area contributed by atoms with Crippen molar-refractivity contribution in [3.05, 3.63) is 34.9 Å². The Morgan fingerprint density at radius 3 is 2.48 bits per heavy atom. The second kappa shape index (κ2) is 6.95. The van der Waals surface area contributed by atoms with Crippen LogP contribution in [0.15, 0.2) is 23.8 Å². The first-order valence-corrected chi connectivity index (χ1v) is 10.7. The van der Waals surface area contributed by atoms with Crippen molar-refractivity contribution in [2.24, 2.45) is 22.7 Å². The van der Waals surface area contributed by atoms with Crippen molar-refractivity contribution < 1.29 is 34.7 Å². The molecule has 0 aromatic heterocycles. The van der Waals surface area contributed by atoms with Gasteiger partial charge in [-0.3, -0.25) is 0 Å². The lowest BCUT2D eigenvalue weighted by Gasteiger charge is -2.65. The van der Waals surface area contributed by atoms with Crippen molar-refractivity contribution in [3.63, 3.8) is 0 Å². The number of aromatic hydroxyl groups is 1. The van der Waals surface area contributed by atoms with Crippen LogP contribution in [0.5, 0.6) is 11.5 Å². The number of aliphatic hydroxyl groups is 3. The summed E-state index contributed by atoms with van der Waals surface area (Å²) in [4.78, 5) is 12.9. The zero-order valence-corrected chi connectivity index (χ0v) is 18.7. The monoisotopic (exact) mass is 432 g/mol. The molecular formula is C24H32O7. The summed E-state index contributed by atoms with van der Waals surface area (Å²) in [6.45, 7) is 7.23. The normalized spacial score (nSPS) is 37.9. The highest BCUT2D eigenvalue weighted by Crippen LogP contribution is 2.68. The van der Waals surface area contributed by atoms with E-state index in [1.807, 2.05) is 26.8 Å². The SMILES string of the molecule is COc1cc(C)c(C(=O)O[C@@H]2C[C@]3(C)C4[C@H](C=C(CO)[C@]23O)CC(C)(C)[C@@H]4O)c(O)c1. The summed E-state index contributed by atoms with van der Waals surface area (Å²) in [5.41, 5.74) is -1.68. The maximum Gasteiger partial charge on any atom is 0.342 e. The lowest BCUT2D eigenvalue weighted by atomic mass is 9.43. The van der Waals surface area contributed by atoms with Crippen molar-refractivity contribution in [1.29, 1.82) is 0 Å². The number of phenols is 1. The van der Waals surface area contributed by atoms with Gasteiger partial charge in [-0.15, -0.1) is 0 Å². The topological polar surface area (TPSA) is 116 Å². The van der Waals surface area contributed by atoms with Gasteiger partial charge in [0, 0.05) is 17.4 Å². The van der Waals surface area contributed by atoms with Gasteiger partial charge in [-0.2, -0.15) is 0 Å². The number of rotatable bonds is 4. The highest BCUT2D eigenvalue weighted by molar-refractivity contribution is 5.94. The molecule has 31 heavy (non-hydrogen) atoms. The third-order valence-electron chi connectivity index (χ3n) is 8.10. The molecule has 2 fully saturated rings. The molecule has 0 bridgehead atoms. The van der Waals surface area contributed by atoms with Gasteiger partial charge in [-0.1, -0.05) is 26.8 Å². The molecule has 1 aromatic rings. The van der Waals surface area contributed by atoms with Crippen LogP contribution in [0.25, 0.3) is 0 Å². The fraction of sp³-hybridized carbons (Fsp3) is 0.625. The van der Waals surface area contributed by atoms with E-state index >= 15 is 0 Å². The molecule has 4 rings (SSSR count). The fourth-order valence-corrected chi connectivity index (χ4v) is 6.44. The number of aryl methyl sites for hydroxylation is 1. The third kappa shape index (κ3) is 2.86. The van der Waals surface area contributed by atoms with Crippen LogP contribution in [0.3, 0.4) is 0 Å². The van der Waals surface area contributed by atoms with Gasteiger partial charge in [0.05, 0.1) is 19.8 Å².